The van der Waals surface area contributed by atoms with E-state index in [4.69, 9.17) is 9.15 Å². The lowest BCUT2D eigenvalue weighted by Gasteiger charge is -2.33. The summed E-state index contributed by atoms with van der Waals surface area (Å²) in [6.07, 6.45) is 1.47. The van der Waals surface area contributed by atoms with Gasteiger partial charge < -0.3 is 14.1 Å². The van der Waals surface area contributed by atoms with Crippen LogP contribution in [0.15, 0.2) is 53.1 Å². The highest BCUT2D eigenvalue weighted by Crippen LogP contribution is 2.28. The molecule has 1 saturated heterocycles. The summed E-state index contributed by atoms with van der Waals surface area (Å²) in [5.74, 6) is 2.02. The number of anilines is 1. The van der Waals surface area contributed by atoms with Gasteiger partial charge in [-0.1, -0.05) is 12.1 Å². The fourth-order valence-corrected chi connectivity index (χ4v) is 3.11. The Hall–Kier alpha value is -3.26. The second-order valence-electron chi connectivity index (χ2n) is 6.32. The van der Waals surface area contributed by atoms with Crippen LogP contribution in [0.1, 0.15) is 17.6 Å². The number of non-ortho nitro benzene ring substituents is 1. The van der Waals surface area contributed by atoms with Crippen molar-refractivity contribution in [2.24, 2.45) is 0 Å². The van der Waals surface area contributed by atoms with Gasteiger partial charge in [0, 0.05) is 36.0 Å². The van der Waals surface area contributed by atoms with Crippen molar-refractivity contribution in [3.05, 3.63) is 70.3 Å². The SMILES string of the molecule is Cc1cc(N2CCOC(c3ccco3)C2)nc(-c2cccc([N+](=O)[O-])c2)n1. The molecule has 1 aliphatic rings. The Bertz CT molecular complexity index is 958. The maximum atomic E-state index is 11.0. The molecule has 0 saturated carbocycles. The number of furan rings is 1. The second kappa shape index (κ2) is 7.16. The summed E-state index contributed by atoms with van der Waals surface area (Å²) < 4.78 is 11.3. The van der Waals surface area contributed by atoms with Gasteiger partial charge in [0.05, 0.1) is 24.3 Å². The average Bonchev–Trinajstić information content (AvgIpc) is 3.22. The molecule has 0 aliphatic carbocycles. The van der Waals surface area contributed by atoms with Gasteiger partial charge in [0.1, 0.15) is 17.7 Å². The molecule has 3 aromatic rings. The van der Waals surface area contributed by atoms with Crippen LogP contribution in [0.5, 0.6) is 0 Å². The van der Waals surface area contributed by atoms with Crippen LogP contribution in [0.4, 0.5) is 11.5 Å². The standard InChI is InChI=1S/C19H18N4O4/c1-13-10-18(22-7-9-27-17(12-22)16-6-3-8-26-16)21-19(20-13)14-4-2-5-15(11-14)23(24)25/h2-6,8,10-11,17H,7,9,12H2,1H3. The number of hydrogen-bond donors (Lipinski definition) is 0. The first-order valence-corrected chi connectivity index (χ1v) is 8.60. The number of rotatable bonds is 4. The van der Waals surface area contributed by atoms with E-state index in [-0.39, 0.29) is 11.8 Å². The minimum Gasteiger partial charge on any atom is -0.467 e. The van der Waals surface area contributed by atoms with Crippen molar-refractivity contribution in [2.75, 3.05) is 24.6 Å². The molecule has 1 aliphatic heterocycles. The monoisotopic (exact) mass is 366 g/mol. The number of nitrogens with zero attached hydrogens (tertiary/aromatic N) is 4. The maximum Gasteiger partial charge on any atom is 0.270 e. The summed E-state index contributed by atoms with van der Waals surface area (Å²) in [6, 6.07) is 12.0. The summed E-state index contributed by atoms with van der Waals surface area (Å²) in [4.78, 5) is 21.9. The van der Waals surface area contributed by atoms with Crippen molar-refractivity contribution in [2.45, 2.75) is 13.0 Å². The molecule has 1 unspecified atom stereocenters. The van der Waals surface area contributed by atoms with Gasteiger partial charge in [0.15, 0.2) is 5.82 Å². The van der Waals surface area contributed by atoms with Gasteiger partial charge in [-0.25, -0.2) is 9.97 Å². The van der Waals surface area contributed by atoms with Gasteiger partial charge in [0.25, 0.3) is 5.69 Å². The Morgan fingerprint density at radius 2 is 2.11 bits per heavy atom. The van der Waals surface area contributed by atoms with Crippen LogP contribution in [0.25, 0.3) is 11.4 Å². The number of hydrogen-bond acceptors (Lipinski definition) is 7. The third kappa shape index (κ3) is 3.65. The van der Waals surface area contributed by atoms with E-state index >= 15 is 0 Å². The first kappa shape index (κ1) is 17.2. The van der Waals surface area contributed by atoms with Crippen molar-refractivity contribution < 1.29 is 14.1 Å². The Morgan fingerprint density at radius 3 is 2.89 bits per heavy atom. The first-order chi connectivity index (χ1) is 13.1. The number of ether oxygens (including phenoxy) is 1. The smallest absolute Gasteiger partial charge is 0.270 e. The van der Waals surface area contributed by atoms with Crippen LogP contribution in [-0.2, 0) is 4.74 Å². The Kier molecular flexibility index (Phi) is 4.55. The number of morpholine rings is 1. The number of aromatic nitrogens is 2. The van der Waals surface area contributed by atoms with Gasteiger partial charge in [-0.15, -0.1) is 0 Å². The summed E-state index contributed by atoms with van der Waals surface area (Å²) >= 11 is 0. The first-order valence-electron chi connectivity index (χ1n) is 8.60. The van der Waals surface area contributed by atoms with Crippen LogP contribution in [0.2, 0.25) is 0 Å². The van der Waals surface area contributed by atoms with E-state index in [1.807, 2.05) is 25.1 Å². The topological polar surface area (TPSA) is 94.5 Å². The van der Waals surface area contributed by atoms with Crippen LogP contribution >= 0.6 is 0 Å². The summed E-state index contributed by atoms with van der Waals surface area (Å²) in [5, 5.41) is 11.0. The van der Waals surface area contributed by atoms with Crippen LogP contribution < -0.4 is 4.90 Å². The third-order valence-electron chi connectivity index (χ3n) is 4.41. The van der Waals surface area contributed by atoms with Crippen LogP contribution in [0.3, 0.4) is 0 Å². The predicted octanol–water partition coefficient (Wildman–Crippen LogP) is 3.53. The highest BCUT2D eigenvalue weighted by atomic mass is 16.6. The molecule has 8 nitrogen and oxygen atoms in total. The average molecular weight is 366 g/mol. The normalized spacial score (nSPS) is 17.1. The van der Waals surface area contributed by atoms with Crippen molar-refractivity contribution in [3.63, 3.8) is 0 Å². The molecule has 1 fully saturated rings. The predicted molar refractivity (Wildman–Crippen MR) is 98.5 cm³/mol. The van der Waals surface area contributed by atoms with E-state index < -0.39 is 4.92 Å². The third-order valence-corrected chi connectivity index (χ3v) is 4.41. The van der Waals surface area contributed by atoms with Gasteiger partial charge in [-0.05, 0) is 19.1 Å². The molecule has 0 spiro atoms. The van der Waals surface area contributed by atoms with Crippen molar-refractivity contribution in [1.82, 2.24) is 9.97 Å². The summed E-state index contributed by atoms with van der Waals surface area (Å²) in [5.41, 5.74) is 1.43. The zero-order valence-electron chi connectivity index (χ0n) is 14.7. The lowest BCUT2D eigenvalue weighted by Crippen LogP contribution is -2.38. The maximum absolute atomic E-state index is 11.0. The number of nitro benzene ring substituents is 1. The zero-order chi connectivity index (χ0) is 18.8. The number of aryl methyl sites for hydroxylation is 1. The van der Waals surface area contributed by atoms with E-state index in [0.29, 0.717) is 31.1 Å². The second-order valence-corrected chi connectivity index (χ2v) is 6.32. The number of benzene rings is 1. The largest absolute Gasteiger partial charge is 0.467 e. The van der Waals surface area contributed by atoms with E-state index in [1.54, 1.807) is 18.4 Å². The molecule has 0 N–H and O–H groups in total. The Labute approximate surface area is 155 Å². The van der Waals surface area contributed by atoms with Gasteiger partial charge >= 0.3 is 0 Å². The van der Waals surface area contributed by atoms with E-state index in [1.165, 1.54) is 12.1 Å². The highest BCUT2D eigenvalue weighted by Gasteiger charge is 2.25. The Balaban J connectivity index is 1.64. The molecule has 27 heavy (non-hydrogen) atoms. The summed E-state index contributed by atoms with van der Waals surface area (Å²) in [6.45, 7) is 3.75. The molecule has 1 atom stereocenters. The molecule has 4 rings (SSSR count). The zero-order valence-corrected chi connectivity index (χ0v) is 14.7. The molecular weight excluding hydrogens is 348 g/mol. The molecule has 0 bridgehead atoms. The molecule has 0 amide bonds. The van der Waals surface area contributed by atoms with E-state index in [2.05, 4.69) is 14.9 Å². The molecule has 3 heterocycles. The van der Waals surface area contributed by atoms with Crippen molar-refractivity contribution in [1.29, 1.82) is 0 Å². The lowest BCUT2D eigenvalue weighted by atomic mass is 10.2. The summed E-state index contributed by atoms with van der Waals surface area (Å²) in [7, 11) is 0. The van der Waals surface area contributed by atoms with Crippen LogP contribution in [-0.4, -0.2) is 34.6 Å². The van der Waals surface area contributed by atoms with Crippen molar-refractivity contribution in [3.8, 4) is 11.4 Å². The van der Waals surface area contributed by atoms with Gasteiger partial charge in [-0.2, -0.15) is 0 Å². The van der Waals surface area contributed by atoms with Crippen LogP contribution in [0, 0.1) is 17.0 Å². The fourth-order valence-electron chi connectivity index (χ4n) is 3.11. The minimum atomic E-state index is -0.420. The minimum absolute atomic E-state index is 0.0170. The molecule has 8 heteroatoms. The Morgan fingerprint density at radius 1 is 1.22 bits per heavy atom. The van der Waals surface area contributed by atoms with Gasteiger partial charge in [-0.3, -0.25) is 10.1 Å². The van der Waals surface area contributed by atoms with Crippen molar-refractivity contribution >= 4 is 11.5 Å². The highest BCUT2D eigenvalue weighted by molar-refractivity contribution is 5.61. The molecular formula is C19H18N4O4. The molecule has 138 valence electrons. The van der Waals surface area contributed by atoms with Gasteiger partial charge in [0.2, 0.25) is 0 Å². The number of nitro groups is 1. The molecule has 1 aromatic carbocycles. The van der Waals surface area contributed by atoms with E-state index in [9.17, 15) is 10.1 Å². The van der Waals surface area contributed by atoms with E-state index in [0.717, 1.165) is 17.3 Å². The molecule has 0 radical (unpaired) electrons. The lowest BCUT2D eigenvalue weighted by molar-refractivity contribution is -0.384. The quantitative estimate of drug-likeness (QED) is 0.515. The molecule has 2 aromatic heterocycles. The fraction of sp³-hybridized carbons (Fsp3) is 0.263.